The lowest BCUT2D eigenvalue weighted by atomic mass is 10.2. The highest BCUT2D eigenvalue weighted by molar-refractivity contribution is 7.89. The molecule has 0 bridgehead atoms. The SMILES string of the molecule is CC(=O)N1CCN(S(=O)(=O)c2ccc(C(=O)N(C)Cc3nc4ccccc4c(=O)[nH]3)cc2)CC1. The molecule has 1 saturated heterocycles. The van der Waals surface area contributed by atoms with Gasteiger partial charge in [-0.25, -0.2) is 13.4 Å². The van der Waals surface area contributed by atoms with Gasteiger partial charge in [0.2, 0.25) is 15.9 Å². The number of rotatable bonds is 5. The quantitative estimate of drug-likeness (QED) is 0.579. The highest BCUT2D eigenvalue weighted by atomic mass is 32.2. The molecule has 0 unspecified atom stereocenters. The Morgan fingerprint density at radius 2 is 1.68 bits per heavy atom. The van der Waals surface area contributed by atoms with Crippen molar-refractivity contribution in [2.45, 2.75) is 18.4 Å². The molecule has 0 radical (unpaired) electrons. The number of hydrogen-bond donors (Lipinski definition) is 1. The standard InChI is InChI=1S/C23H25N5O5S/c1-16(29)27-11-13-28(14-12-27)34(32,33)18-9-7-17(8-10-18)23(31)26(2)15-21-24-20-6-4-3-5-19(20)22(30)25-21/h3-10H,11-15H2,1-2H3,(H,24,25,30). The first-order valence-corrected chi connectivity index (χ1v) is 12.2. The van der Waals surface area contributed by atoms with Gasteiger partial charge in [0.1, 0.15) is 5.82 Å². The molecular weight excluding hydrogens is 458 g/mol. The van der Waals surface area contributed by atoms with E-state index < -0.39 is 10.0 Å². The van der Waals surface area contributed by atoms with Gasteiger partial charge in [0.05, 0.1) is 22.3 Å². The van der Waals surface area contributed by atoms with E-state index in [0.717, 1.165) is 0 Å². The summed E-state index contributed by atoms with van der Waals surface area (Å²) in [6, 6.07) is 12.7. The number of piperazine rings is 1. The molecule has 1 fully saturated rings. The van der Waals surface area contributed by atoms with E-state index in [2.05, 4.69) is 9.97 Å². The molecule has 2 amide bonds. The molecule has 3 aromatic rings. The zero-order chi connectivity index (χ0) is 24.5. The predicted molar refractivity (Wildman–Crippen MR) is 126 cm³/mol. The summed E-state index contributed by atoms with van der Waals surface area (Å²) in [7, 11) is -2.15. The molecule has 0 spiro atoms. The second-order valence-electron chi connectivity index (χ2n) is 8.13. The van der Waals surface area contributed by atoms with Crippen LogP contribution < -0.4 is 5.56 Å². The van der Waals surface area contributed by atoms with Crippen LogP contribution in [0, 0.1) is 0 Å². The van der Waals surface area contributed by atoms with Crippen LogP contribution in [0.4, 0.5) is 0 Å². The predicted octanol–water partition coefficient (Wildman–Crippen LogP) is 1.05. The third-order valence-electron chi connectivity index (χ3n) is 5.82. The van der Waals surface area contributed by atoms with Crippen LogP contribution in [0.1, 0.15) is 23.1 Å². The van der Waals surface area contributed by atoms with Gasteiger partial charge in [-0.05, 0) is 36.4 Å². The highest BCUT2D eigenvalue weighted by Gasteiger charge is 2.29. The molecule has 0 aliphatic carbocycles. The van der Waals surface area contributed by atoms with Crippen molar-refractivity contribution in [2.75, 3.05) is 33.2 Å². The number of aromatic amines is 1. The Balaban J connectivity index is 1.45. The second kappa shape index (κ2) is 9.35. The van der Waals surface area contributed by atoms with Gasteiger partial charge in [-0.15, -0.1) is 0 Å². The van der Waals surface area contributed by atoms with Gasteiger partial charge in [0, 0.05) is 45.7 Å². The Morgan fingerprint density at radius 1 is 1.03 bits per heavy atom. The number of carbonyl (C=O) groups excluding carboxylic acids is 2. The molecule has 1 aliphatic rings. The number of benzene rings is 2. The average Bonchev–Trinajstić information content (AvgIpc) is 2.83. The van der Waals surface area contributed by atoms with E-state index in [1.165, 1.54) is 40.4 Å². The van der Waals surface area contributed by atoms with E-state index in [9.17, 15) is 22.8 Å². The van der Waals surface area contributed by atoms with Gasteiger partial charge in [-0.3, -0.25) is 14.4 Å². The molecule has 1 aliphatic heterocycles. The van der Waals surface area contributed by atoms with Crippen LogP contribution in [0.3, 0.4) is 0 Å². The Bertz CT molecular complexity index is 1390. The number of carbonyl (C=O) groups is 2. The van der Waals surface area contributed by atoms with Crippen molar-refractivity contribution < 1.29 is 18.0 Å². The minimum absolute atomic E-state index is 0.0769. The van der Waals surface area contributed by atoms with E-state index in [1.807, 2.05) is 0 Å². The maximum absolute atomic E-state index is 12.9. The Hall–Kier alpha value is -3.57. The fourth-order valence-corrected chi connectivity index (χ4v) is 5.31. The number of H-pyrrole nitrogens is 1. The Kier molecular flexibility index (Phi) is 6.49. The molecule has 4 rings (SSSR count). The first-order chi connectivity index (χ1) is 16.2. The van der Waals surface area contributed by atoms with Crippen molar-refractivity contribution in [2.24, 2.45) is 0 Å². The molecular formula is C23H25N5O5S. The monoisotopic (exact) mass is 483 g/mol. The summed E-state index contributed by atoms with van der Waals surface area (Å²) in [6.07, 6.45) is 0. The minimum atomic E-state index is -3.73. The average molecular weight is 484 g/mol. The van der Waals surface area contributed by atoms with Crippen molar-refractivity contribution in [3.8, 4) is 0 Å². The topological polar surface area (TPSA) is 124 Å². The highest BCUT2D eigenvalue weighted by Crippen LogP contribution is 2.19. The molecule has 178 valence electrons. The minimum Gasteiger partial charge on any atom is -0.340 e. The van der Waals surface area contributed by atoms with Gasteiger partial charge >= 0.3 is 0 Å². The molecule has 10 nitrogen and oxygen atoms in total. The zero-order valence-electron chi connectivity index (χ0n) is 18.9. The number of sulfonamides is 1. The van der Waals surface area contributed by atoms with Crippen LogP contribution in [0.2, 0.25) is 0 Å². The number of amides is 2. The number of para-hydroxylation sites is 1. The smallest absolute Gasteiger partial charge is 0.258 e. The number of hydrogen-bond acceptors (Lipinski definition) is 6. The summed E-state index contributed by atoms with van der Waals surface area (Å²) in [4.78, 5) is 46.8. The maximum Gasteiger partial charge on any atom is 0.258 e. The lowest BCUT2D eigenvalue weighted by molar-refractivity contribution is -0.129. The molecule has 2 aromatic carbocycles. The van der Waals surface area contributed by atoms with Gasteiger partial charge in [0.15, 0.2) is 0 Å². The molecule has 2 heterocycles. The lowest BCUT2D eigenvalue weighted by Gasteiger charge is -2.33. The van der Waals surface area contributed by atoms with E-state index in [-0.39, 0.29) is 41.9 Å². The first-order valence-electron chi connectivity index (χ1n) is 10.8. The Morgan fingerprint density at radius 3 is 2.32 bits per heavy atom. The second-order valence-corrected chi connectivity index (χ2v) is 10.1. The van der Waals surface area contributed by atoms with Crippen molar-refractivity contribution in [1.29, 1.82) is 0 Å². The summed E-state index contributed by atoms with van der Waals surface area (Å²) in [5, 5.41) is 0.472. The molecule has 11 heteroatoms. The van der Waals surface area contributed by atoms with Crippen molar-refractivity contribution >= 4 is 32.7 Å². The van der Waals surface area contributed by atoms with Crippen molar-refractivity contribution in [1.82, 2.24) is 24.1 Å². The van der Waals surface area contributed by atoms with E-state index in [1.54, 1.807) is 36.2 Å². The van der Waals surface area contributed by atoms with Crippen LogP contribution in [0.5, 0.6) is 0 Å². The fourth-order valence-electron chi connectivity index (χ4n) is 3.89. The third kappa shape index (κ3) is 4.70. The van der Waals surface area contributed by atoms with Gasteiger partial charge < -0.3 is 14.8 Å². The number of nitrogens with zero attached hydrogens (tertiary/aromatic N) is 4. The van der Waals surface area contributed by atoms with Crippen LogP contribution in [-0.2, 0) is 21.4 Å². The van der Waals surface area contributed by atoms with Crippen LogP contribution in [0.15, 0.2) is 58.2 Å². The summed E-state index contributed by atoms with van der Waals surface area (Å²) in [5.41, 5.74) is 0.576. The van der Waals surface area contributed by atoms with Crippen LogP contribution in [-0.4, -0.2) is 77.5 Å². The molecule has 0 saturated carbocycles. The van der Waals surface area contributed by atoms with Gasteiger partial charge in [-0.2, -0.15) is 4.31 Å². The van der Waals surface area contributed by atoms with Gasteiger partial charge in [0.25, 0.3) is 11.5 Å². The fraction of sp³-hybridized carbons (Fsp3) is 0.304. The normalized spacial score (nSPS) is 14.8. The van der Waals surface area contributed by atoms with Crippen LogP contribution in [0.25, 0.3) is 10.9 Å². The largest absolute Gasteiger partial charge is 0.340 e. The van der Waals surface area contributed by atoms with E-state index in [0.29, 0.717) is 35.4 Å². The summed E-state index contributed by atoms with van der Waals surface area (Å²) < 4.78 is 27.2. The molecule has 0 atom stereocenters. The lowest BCUT2D eigenvalue weighted by Crippen LogP contribution is -2.49. The van der Waals surface area contributed by atoms with Gasteiger partial charge in [-0.1, -0.05) is 12.1 Å². The number of fused-ring (bicyclic) bond motifs is 1. The van der Waals surface area contributed by atoms with Crippen molar-refractivity contribution in [3.05, 3.63) is 70.3 Å². The number of nitrogens with one attached hydrogen (secondary N) is 1. The molecule has 1 N–H and O–H groups in total. The maximum atomic E-state index is 12.9. The van der Waals surface area contributed by atoms with E-state index in [4.69, 9.17) is 0 Å². The summed E-state index contributed by atoms with van der Waals surface area (Å²) in [6.45, 7) is 2.69. The van der Waals surface area contributed by atoms with Crippen molar-refractivity contribution in [3.63, 3.8) is 0 Å². The van der Waals surface area contributed by atoms with E-state index >= 15 is 0 Å². The molecule has 34 heavy (non-hydrogen) atoms. The van der Waals surface area contributed by atoms with Crippen LogP contribution >= 0.6 is 0 Å². The Labute approximate surface area is 196 Å². The number of aromatic nitrogens is 2. The summed E-state index contributed by atoms with van der Waals surface area (Å²) >= 11 is 0. The zero-order valence-corrected chi connectivity index (χ0v) is 19.7. The molecule has 1 aromatic heterocycles. The summed E-state index contributed by atoms with van der Waals surface area (Å²) in [5.74, 6) is -0.0646. The third-order valence-corrected chi connectivity index (χ3v) is 7.73. The first kappa shape index (κ1) is 23.6.